The highest BCUT2D eigenvalue weighted by atomic mass is 16.5. The Labute approximate surface area is 220 Å². The maximum Gasteiger partial charge on any atom is 0.492 e. The van der Waals surface area contributed by atoms with Crippen molar-refractivity contribution in [1.82, 2.24) is 15.2 Å². The van der Waals surface area contributed by atoms with Crippen molar-refractivity contribution >= 4 is 29.8 Å². The van der Waals surface area contributed by atoms with Crippen LogP contribution in [0, 0.1) is 0 Å². The summed E-state index contributed by atoms with van der Waals surface area (Å²) in [6, 6.07) is 16.6. The monoisotopic (exact) mass is 515 g/mol. The molecule has 1 aliphatic heterocycles. The molecule has 5 rings (SSSR count). The van der Waals surface area contributed by atoms with E-state index in [-0.39, 0.29) is 18.4 Å². The molecular weight excluding hydrogens is 485 g/mol. The van der Waals surface area contributed by atoms with Crippen molar-refractivity contribution in [2.45, 2.75) is 44.9 Å². The first-order valence-corrected chi connectivity index (χ1v) is 12.3. The van der Waals surface area contributed by atoms with Crippen LogP contribution in [-0.4, -0.2) is 44.1 Å². The van der Waals surface area contributed by atoms with Gasteiger partial charge in [-0.05, 0) is 56.4 Å². The molecule has 1 aliphatic rings. The van der Waals surface area contributed by atoms with Crippen LogP contribution in [0.4, 0.5) is 17.2 Å². The number of rotatable bonds is 8. The fourth-order valence-electron chi connectivity index (χ4n) is 4.43. The number of nitrogens with one attached hydrogen (secondary N) is 2. The lowest BCUT2D eigenvalue weighted by Crippen LogP contribution is -2.28. The number of aromatic nitrogens is 3. The summed E-state index contributed by atoms with van der Waals surface area (Å²) < 4.78 is 11.4. The van der Waals surface area contributed by atoms with Gasteiger partial charge in [0.1, 0.15) is 11.4 Å². The molecule has 0 spiro atoms. The molecule has 0 fully saturated rings. The summed E-state index contributed by atoms with van der Waals surface area (Å²) >= 11 is 0. The molecule has 0 saturated carbocycles. The molecule has 38 heavy (non-hydrogen) atoms. The molecule has 0 radical (unpaired) electrons. The minimum atomic E-state index is -1.30. The van der Waals surface area contributed by atoms with Crippen LogP contribution >= 0.6 is 0 Å². The van der Waals surface area contributed by atoms with Gasteiger partial charge < -0.3 is 34.9 Å². The summed E-state index contributed by atoms with van der Waals surface area (Å²) in [6.07, 6.45) is 1.59. The second-order valence-electron chi connectivity index (χ2n) is 10.3. The summed E-state index contributed by atoms with van der Waals surface area (Å²) in [6.45, 7) is 6.79. The molecule has 0 amide bonds. The molecule has 10 nitrogen and oxygen atoms in total. The number of benzene rings is 2. The van der Waals surface area contributed by atoms with Gasteiger partial charge in [-0.3, -0.25) is 0 Å². The number of nitrogens with zero attached hydrogens (tertiary/aromatic N) is 3. The van der Waals surface area contributed by atoms with Crippen LogP contribution in [0.5, 0.6) is 0 Å². The average molecular weight is 515 g/mol. The van der Waals surface area contributed by atoms with Crippen LogP contribution in [0.15, 0.2) is 65.2 Å². The molecule has 0 saturated heterocycles. The van der Waals surface area contributed by atoms with E-state index in [1.807, 2.05) is 62.4 Å². The molecule has 3 heterocycles. The van der Waals surface area contributed by atoms with E-state index in [0.29, 0.717) is 17.1 Å². The zero-order valence-electron chi connectivity index (χ0n) is 21.6. The fourth-order valence-corrected chi connectivity index (χ4v) is 4.43. The first-order chi connectivity index (χ1) is 18.0. The third-order valence-electron chi connectivity index (χ3n) is 6.44. The highest BCUT2D eigenvalue weighted by molar-refractivity contribution is 6.62. The van der Waals surface area contributed by atoms with Crippen molar-refractivity contribution in [2.75, 3.05) is 17.2 Å². The Kier molecular flexibility index (Phi) is 6.70. The molecule has 2 aromatic heterocycles. The molecular formula is C27H30BN5O5. The zero-order valence-corrected chi connectivity index (χ0v) is 21.6. The summed E-state index contributed by atoms with van der Waals surface area (Å²) in [5, 5.41) is 45.4. The van der Waals surface area contributed by atoms with Crippen LogP contribution in [0.3, 0.4) is 0 Å². The number of hydrogen-bond donors (Lipinski definition) is 5. The lowest BCUT2D eigenvalue weighted by atomic mass is 9.78. The Morgan fingerprint density at radius 2 is 1.84 bits per heavy atom. The predicted octanol–water partition coefficient (Wildman–Crippen LogP) is 3.20. The minimum absolute atomic E-state index is 0.0765. The Morgan fingerprint density at radius 3 is 2.53 bits per heavy atom. The number of hydrogen-bond acceptors (Lipinski definition) is 10. The van der Waals surface area contributed by atoms with Crippen LogP contribution in [-0.2, 0) is 15.9 Å². The Hall–Kier alpha value is -3.77. The van der Waals surface area contributed by atoms with Crippen molar-refractivity contribution in [3.63, 3.8) is 0 Å². The third-order valence-corrected chi connectivity index (χ3v) is 6.44. The quantitative estimate of drug-likeness (QED) is 0.222. The average Bonchev–Trinajstić information content (AvgIpc) is 3.46. The van der Waals surface area contributed by atoms with Gasteiger partial charge in [-0.15, -0.1) is 10.2 Å². The molecule has 2 aromatic carbocycles. The van der Waals surface area contributed by atoms with Gasteiger partial charge in [-0.1, -0.05) is 36.4 Å². The third kappa shape index (κ3) is 5.14. The van der Waals surface area contributed by atoms with E-state index in [0.717, 1.165) is 22.3 Å². The van der Waals surface area contributed by atoms with E-state index >= 15 is 0 Å². The maximum absolute atomic E-state index is 10.3. The number of aliphatic hydroxyl groups excluding tert-OH is 1. The smallest absolute Gasteiger partial charge is 0.423 e. The van der Waals surface area contributed by atoms with Crippen LogP contribution < -0.4 is 16.1 Å². The maximum atomic E-state index is 10.3. The molecule has 0 unspecified atom stereocenters. The summed E-state index contributed by atoms with van der Waals surface area (Å²) in [7, 11) is -0.959. The summed E-state index contributed by atoms with van der Waals surface area (Å²) in [5.41, 5.74) is 2.47. The molecule has 0 bridgehead atoms. The highest BCUT2D eigenvalue weighted by Gasteiger charge is 2.40. The van der Waals surface area contributed by atoms with E-state index in [1.54, 1.807) is 26.1 Å². The van der Waals surface area contributed by atoms with Crippen molar-refractivity contribution < 1.29 is 24.3 Å². The second-order valence-corrected chi connectivity index (χ2v) is 10.3. The van der Waals surface area contributed by atoms with Gasteiger partial charge in [0.2, 0.25) is 5.89 Å². The molecule has 1 atom stereocenters. The van der Waals surface area contributed by atoms with Gasteiger partial charge in [0.25, 0.3) is 5.89 Å². The van der Waals surface area contributed by atoms with Crippen molar-refractivity contribution in [3.05, 3.63) is 77.8 Å². The Morgan fingerprint density at radius 1 is 1.08 bits per heavy atom. The van der Waals surface area contributed by atoms with E-state index in [2.05, 4.69) is 25.8 Å². The molecule has 5 N–H and O–H groups in total. The Balaban J connectivity index is 1.51. The van der Waals surface area contributed by atoms with E-state index in [9.17, 15) is 15.2 Å². The van der Waals surface area contributed by atoms with Crippen molar-refractivity contribution in [1.29, 1.82) is 0 Å². The van der Waals surface area contributed by atoms with Gasteiger partial charge in [0.05, 0.1) is 29.5 Å². The topological polar surface area (TPSA) is 146 Å². The van der Waals surface area contributed by atoms with Crippen molar-refractivity contribution in [2.24, 2.45) is 0 Å². The zero-order chi connectivity index (χ0) is 27.1. The second kappa shape index (κ2) is 9.84. The SMILES string of the molecule is CC(C)(O)c1nnc(-c2cnc(Nc3ccc4c(c3)C(C)(C)OB4O)cc2N[C@H](CO)c2ccccc2)o1. The molecule has 196 valence electrons. The number of pyridine rings is 1. The van der Waals surface area contributed by atoms with E-state index in [4.69, 9.17) is 9.07 Å². The first kappa shape index (κ1) is 25.9. The summed E-state index contributed by atoms with van der Waals surface area (Å²) in [5.74, 6) is 0.784. The lowest BCUT2D eigenvalue weighted by molar-refractivity contribution is 0.0488. The largest absolute Gasteiger partial charge is 0.492 e. The van der Waals surface area contributed by atoms with Gasteiger partial charge >= 0.3 is 7.12 Å². The standard InChI is InChI=1S/C27H30BN5O5/c1-26(2,35)25-33-32-24(37-25)18-14-29-23(13-21(18)31-22(15-34)16-8-6-5-7-9-16)30-17-10-11-20-19(12-17)27(3,4)38-28(20)36/h5-14,22,34-36H,15H2,1-4H3,(H2,29,30,31)/t22-/m1/s1. The van der Waals surface area contributed by atoms with Gasteiger partial charge in [-0.2, -0.15) is 0 Å². The number of aliphatic hydroxyl groups is 2. The highest BCUT2D eigenvalue weighted by Crippen LogP contribution is 2.35. The van der Waals surface area contributed by atoms with E-state index in [1.165, 1.54) is 0 Å². The summed E-state index contributed by atoms with van der Waals surface area (Å²) in [4.78, 5) is 4.55. The normalized spacial score (nSPS) is 15.3. The lowest BCUT2D eigenvalue weighted by Gasteiger charge is -2.21. The fraction of sp³-hybridized carbons (Fsp3) is 0.296. The molecule has 4 aromatic rings. The number of anilines is 3. The van der Waals surface area contributed by atoms with Gasteiger partial charge in [0, 0.05) is 18.0 Å². The van der Waals surface area contributed by atoms with Crippen LogP contribution in [0.25, 0.3) is 11.5 Å². The van der Waals surface area contributed by atoms with Gasteiger partial charge in [0.15, 0.2) is 0 Å². The molecule has 0 aliphatic carbocycles. The minimum Gasteiger partial charge on any atom is -0.423 e. The van der Waals surface area contributed by atoms with Crippen LogP contribution in [0.2, 0.25) is 0 Å². The van der Waals surface area contributed by atoms with Crippen molar-refractivity contribution in [3.8, 4) is 11.5 Å². The molecule has 11 heteroatoms. The number of fused-ring (bicyclic) bond motifs is 1. The Bertz CT molecular complexity index is 1440. The predicted molar refractivity (Wildman–Crippen MR) is 144 cm³/mol. The van der Waals surface area contributed by atoms with E-state index < -0.39 is 24.4 Å². The van der Waals surface area contributed by atoms with Gasteiger partial charge in [-0.25, -0.2) is 4.98 Å². The van der Waals surface area contributed by atoms with Crippen LogP contribution in [0.1, 0.15) is 50.8 Å². The first-order valence-electron chi connectivity index (χ1n) is 12.3.